The fourth-order valence-electron chi connectivity index (χ4n) is 1.93. The Morgan fingerprint density at radius 1 is 1.50 bits per heavy atom. The van der Waals surface area contributed by atoms with E-state index in [0.29, 0.717) is 18.7 Å². The van der Waals surface area contributed by atoms with E-state index in [1.807, 2.05) is 0 Å². The summed E-state index contributed by atoms with van der Waals surface area (Å²) in [5.74, 6) is -0.441. The summed E-state index contributed by atoms with van der Waals surface area (Å²) in [6.07, 6.45) is 1.63. The Balaban J connectivity index is 1.64. The molecule has 1 aliphatic heterocycles. The highest BCUT2D eigenvalue weighted by Crippen LogP contribution is 2.19. The van der Waals surface area contributed by atoms with E-state index in [1.54, 1.807) is 18.1 Å². The third-order valence-corrected chi connectivity index (χ3v) is 2.93. The highest BCUT2D eigenvalue weighted by molar-refractivity contribution is 5.74. The first-order valence-electron chi connectivity index (χ1n) is 6.29. The van der Waals surface area contributed by atoms with E-state index in [0.717, 1.165) is 0 Å². The van der Waals surface area contributed by atoms with Crippen LogP contribution in [0, 0.1) is 0 Å². The van der Waals surface area contributed by atoms with Gasteiger partial charge in [0.05, 0.1) is 12.6 Å². The molecule has 1 saturated heterocycles. The first-order chi connectivity index (χ1) is 9.54. The SMILES string of the molecule is Cn1cnc(CNC(=O)NCC2CCC(C(=O)O)O2)n1. The number of carbonyl (C=O) groups is 2. The first kappa shape index (κ1) is 14.3. The Labute approximate surface area is 115 Å². The van der Waals surface area contributed by atoms with Crippen LogP contribution in [0.25, 0.3) is 0 Å². The molecule has 9 heteroatoms. The number of aryl methyl sites for hydroxylation is 1. The van der Waals surface area contributed by atoms with Crippen LogP contribution in [0.3, 0.4) is 0 Å². The van der Waals surface area contributed by atoms with Crippen LogP contribution in [0.5, 0.6) is 0 Å². The zero-order valence-corrected chi connectivity index (χ0v) is 11.1. The monoisotopic (exact) mass is 283 g/mol. The maximum absolute atomic E-state index is 11.5. The maximum atomic E-state index is 11.5. The average Bonchev–Trinajstić information content (AvgIpc) is 3.03. The topological polar surface area (TPSA) is 118 Å². The number of carboxylic acid groups (broad SMARTS) is 1. The van der Waals surface area contributed by atoms with Gasteiger partial charge in [0.2, 0.25) is 0 Å². The molecule has 20 heavy (non-hydrogen) atoms. The molecule has 1 fully saturated rings. The van der Waals surface area contributed by atoms with Crippen molar-refractivity contribution in [2.45, 2.75) is 31.6 Å². The van der Waals surface area contributed by atoms with Crippen LogP contribution >= 0.6 is 0 Å². The number of amides is 2. The molecule has 2 heterocycles. The van der Waals surface area contributed by atoms with Crippen LogP contribution < -0.4 is 10.6 Å². The number of hydrogen-bond donors (Lipinski definition) is 3. The molecular formula is C11H17N5O4. The van der Waals surface area contributed by atoms with Crippen molar-refractivity contribution in [1.29, 1.82) is 0 Å². The summed E-state index contributed by atoms with van der Waals surface area (Å²) in [7, 11) is 1.74. The van der Waals surface area contributed by atoms with Crippen LogP contribution in [-0.4, -0.2) is 50.6 Å². The van der Waals surface area contributed by atoms with Crippen molar-refractivity contribution >= 4 is 12.0 Å². The number of aromatic nitrogens is 3. The standard InChI is InChI=1S/C11H17N5O4/c1-16-6-14-9(15-16)5-13-11(19)12-4-7-2-3-8(20-7)10(17)18/h6-8H,2-5H2,1H3,(H,17,18)(H2,12,13,19). The largest absolute Gasteiger partial charge is 0.479 e. The third kappa shape index (κ3) is 3.92. The maximum Gasteiger partial charge on any atom is 0.332 e. The Hall–Kier alpha value is -2.16. The molecule has 2 unspecified atom stereocenters. The molecule has 1 aromatic rings. The van der Waals surface area contributed by atoms with Gasteiger partial charge in [0.25, 0.3) is 0 Å². The second-order valence-corrected chi connectivity index (χ2v) is 4.56. The van der Waals surface area contributed by atoms with Gasteiger partial charge in [-0.25, -0.2) is 14.6 Å². The molecule has 110 valence electrons. The minimum absolute atomic E-state index is 0.232. The molecule has 1 aromatic heterocycles. The Morgan fingerprint density at radius 2 is 2.30 bits per heavy atom. The molecule has 2 rings (SSSR count). The van der Waals surface area contributed by atoms with Gasteiger partial charge >= 0.3 is 12.0 Å². The van der Waals surface area contributed by atoms with E-state index < -0.39 is 12.1 Å². The average molecular weight is 283 g/mol. The van der Waals surface area contributed by atoms with Crippen LogP contribution in [0.1, 0.15) is 18.7 Å². The lowest BCUT2D eigenvalue weighted by Gasteiger charge is -2.12. The van der Waals surface area contributed by atoms with Crippen LogP contribution in [-0.2, 0) is 23.1 Å². The molecule has 3 N–H and O–H groups in total. The third-order valence-electron chi connectivity index (χ3n) is 2.93. The molecule has 0 spiro atoms. The van der Waals surface area contributed by atoms with Gasteiger partial charge in [0.15, 0.2) is 11.9 Å². The van der Waals surface area contributed by atoms with Crippen molar-refractivity contribution in [3.63, 3.8) is 0 Å². The van der Waals surface area contributed by atoms with Gasteiger partial charge in [-0.15, -0.1) is 0 Å². The molecule has 1 aliphatic rings. The van der Waals surface area contributed by atoms with Gasteiger partial charge in [-0.05, 0) is 12.8 Å². The Kier molecular flexibility index (Phi) is 4.51. The van der Waals surface area contributed by atoms with Gasteiger partial charge < -0.3 is 20.5 Å². The number of nitrogens with zero attached hydrogens (tertiary/aromatic N) is 3. The number of rotatable bonds is 5. The number of aliphatic carboxylic acids is 1. The number of hydrogen-bond acceptors (Lipinski definition) is 5. The van der Waals surface area contributed by atoms with Crippen molar-refractivity contribution in [3.05, 3.63) is 12.2 Å². The van der Waals surface area contributed by atoms with E-state index in [9.17, 15) is 9.59 Å². The molecule has 0 aliphatic carbocycles. The molecule has 9 nitrogen and oxygen atoms in total. The molecule has 0 bridgehead atoms. The summed E-state index contributed by atoms with van der Waals surface area (Å²) in [6.45, 7) is 0.515. The van der Waals surface area contributed by atoms with Gasteiger partial charge in [-0.2, -0.15) is 5.10 Å². The first-order valence-corrected chi connectivity index (χ1v) is 6.29. The Morgan fingerprint density at radius 3 is 2.90 bits per heavy atom. The molecule has 0 aromatic carbocycles. The van der Waals surface area contributed by atoms with E-state index in [-0.39, 0.29) is 25.2 Å². The number of nitrogens with one attached hydrogen (secondary N) is 2. The lowest BCUT2D eigenvalue weighted by molar-refractivity contribution is -0.149. The van der Waals surface area contributed by atoms with Crippen molar-refractivity contribution in [3.8, 4) is 0 Å². The quantitative estimate of drug-likeness (QED) is 0.654. The predicted molar refractivity (Wildman–Crippen MR) is 66.8 cm³/mol. The lowest BCUT2D eigenvalue weighted by Crippen LogP contribution is -2.39. The van der Waals surface area contributed by atoms with Crippen molar-refractivity contribution in [1.82, 2.24) is 25.4 Å². The van der Waals surface area contributed by atoms with Crippen molar-refractivity contribution in [2.75, 3.05) is 6.54 Å². The van der Waals surface area contributed by atoms with Gasteiger partial charge in [0, 0.05) is 13.6 Å². The smallest absolute Gasteiger partial charge is 0.332 e. The molecular weight excluding hydrogens is 266 g/mol. The summed E-state index contributed by atoms with van der Waals surface area (Å²) in [5.41, 5.74) is 0. The summed E-state index contributed by atoms with van der Waals surface area (Å²) in [5, 5.41) is 18.0. The zero-order valence-electron chi connectivity index (χ0n) is 11.1. The zero-order chi connectivity index (χ0) is 14.5. The van der Waals surface area contributed by atoms with E-state index in [1.165, 1.54) is 0 Å². The fraction of sp³-hybridized carbons (Fsp3) is 0.636. The van der Waals surface area contributed by atoms with E-state index in [4.69, 9.17) is 9.84 Å². The lowest BCUT2D eigenvalue weighted by atomic mass is 10.2. The van der Waals surface area contributed by atoms with Crippen LogP contribution in [0.2, 0.25) is 0 Å². The fourth-order valence-corrected chi connectivity index (χ4v) is 1.93. The molecule has 0 radical (unpaired) electrons. The van der Waals surface area contributed by atoms with Gasteiger partial charge in [-0.1, -0.05) is 0 Å². The Bertz CT molecular complexity index is 489. The minimum Gasteiger partial charge on any atom is -0.479 e. The normalized spacial score (nSPS) is 21.6. The second-order valence-electron chi connectivity index (χ2n) is 4.56. The molecule has 2 atom stereocenters. The highest BCUT2D eigenvalue weighted by Gasteiger charge is 2.30. The van der Waals surface area contributed by atoms with Crippen LogP contribution in [0.15, 0.2) is 6.33 Å². The van der Waals surface area contributed by atoms with E-state index in [2.05, 4.69) is 20.7 Å². The van der Waals surface area contributed by atoms with Gasteiger partial charge in [0.1, 0.15) is 6.33 Å². The van der Waals surface area contributed by atoms with Crippen molar-refractivity contribution < 1.29 is 19.4 Å². The molecule has 2 amide bonds. The highest BCUT2D eigenvalue weighted by atomic mass is 16.5. The summed E-state index contributed by atoms with van der Waals surface area (Å²) >= 11 is 0. The number of urea groups is 1. The minimum atomic E-state index is -0.960. The summed E-state index contributed by atoms with van der Waals surface area (Å²) in [4.78, 5) is 26.2. The number of carbonyl (C=O) groups excluding carboxylic acids is 1. The second kappa shape index (κ2) is 6.33. The van der Waals surface area contributed by atoms with Gasteiger partial charge in [-0.3, -0.25) is 4.68 Å². The number of carboxylic acids is 1. The summed E-state index contributed by atoms with van der Waals surface area (Å²) in [6, 6.07) is -0.361. The van der Waals surface area contributed by atoms with Crippen LogP contribution in [0.4, 0.5) is 4.79 Å². The molecule has 0 saturated carbocycles. The van der Waals surface area contributed by atoms with Crippen molar-refractivity contribution in [2.24, 2.45) is 7.05 Å². The summed E-state index contributed by atoms with van der Waals surface area (Å²) < 4.78 is 6.82. The predicted octanol–water partition coefficient (Wildman–Crippen LogP) is -0.753. The number of ether oxygens (including phenoxy) is 1. The van der Waals surface area contributed by atoms with E-state index >= 15 is 0 Å².